The molecule has 0 aromatic carbocycles. The van der Waals surface area contributed by atoms with Crippen LogP contribution in [0.4, 0.5) is 0 Å². The molecule has 0 amide bonds. The summed E-state index contributed by atoms with van der Waals surface area (Å²) in [6.07, 6.45) is 4.31. The second kappa shape index (κ2) is 15.8. The van der Waals surface area contributed by atoms with Gasteiger partial charge in [0.1, 0.15) is 0 Å². The van der Waals surface area contributed by atoms with Gasteiger partial charge in [-0.15, -0.1) is 23.6 Å². The van der Waals surface area contributed by atoms with Crippen molar-refractivity contribution in [2.45, 2.75) is 19.8 Å². The van der Waals surface area contributed by atoms with E-state index in [9.17, 15) is 0 Å². The van der Waals surface area contributed by atoms with E-state index in [-0.39, 0.29) is 42.9 Å². The number of allylic oxidation sites excluding steroid dienone is 1. The number of hydrogen-bond acceptors (Lipinski definition) is 0. The van der Waals surface area contributed by atoms with E-state index in [0.29, 0.717) is 0 Å². The van der Waals surface area contributed by atoms with Crippen LogP contribution in [0.25, 0.3) is 0 Å². The topological polar surface area (TPSA) is 0 Å². The normalized spacial score (nSPS) is 5.29. The van der Waals surface area contributed by atoms with Crippen molar-refractivity contribution in [2.75, 3.05) is 0 Å². The summed E-state index contributed by atoms with van der Waals surface area (Å²) in [4.78, 5) is 0. The molecule has 0 N–H and O–H groups in total. The van der Waals surface area contributed by atoms with Crippen molar-refractivity contribution in [3.05, 3.63) is 12.7 Å². The first-order chi connectivity index (χ1) is 2.41. The van der Waals surface area contributed by atoms with Gasteiger partial charge in [0.15, 0.2) is 0 Å². The molecule has 0 unspecified atom stereocenters. The van der Waals surface area contributed by atoms with Crippen molar-refractivity contribution in [3.63, 3.8) is 0 Å². The molecule has 0 aliphatic rings. The molecule has 0 aliphatic heterocycles. The third kappa shape index (κ3) is 19.5. The third-order valence-corrected chi connectivity index (χ3v) is 0.493. The molecule has 0 radical (unpaired) electrons. The summed E-state index contributed by atoms with van der Waals surface area (Å²) in [5.41, 5.74) is 0. The Bertz CT molecular complexity index is 36.1. The summed E-state index contributed by atoms with van der Waals surface area (Å²) in [6.45, 7) is 5.69. The Morgan fingerprint density at radius 1 is 1.71 bits per heavy atom. The van der Waals surface area contributed by atoms with Crippen LogP contribution < -0.4 is 0 Å². The number of rotatable bonds is 2. The number of halogens is 1. The summed E-state index contributed by atoms with van der Waals surface area (Å²) < 4.78 is 0. The van der Waals surface area contributed by atoms with Gasteiger partial charge in [-0.1, -0.05) is 19.4 Å². The molecule has 0 rings (SSSR count). The van der Waals surface area contributed by atoms with Crippen molar-refractivity contribution in [1.82, 2.24) is 0 Å². The smallest absolute Gasteiger partial charge is 1.00 e. The molecule has 0 aliphatic carbocycles. The summed E-state index contributed by atoms with van der Waals surface area (Å²) in [7, 11) is 0. The minimum atomic E-state index is 0. The minimum absolute atomic E-state index is 0. The molecule has 2 heteroatoms. The summed E-state index contributed by atoms with van der Waals surface area (Å²) in [6, 6.07) is 0. The van der Waals surface area contributed by atoms with Crippen molar-refractivity contribution >= 4 is 40.0 Å². The molecule has 0 saturated heterocycles. The van der Waals surface area contributed by atoms with Gasteiger partial charge in [0, 0.05) is 0 Å². The van der Waals surface area contributed by atoms with Crippen molar-refractivity contribution in [3.8, 4) is 0 Å². The van der Waals surface area contributed by atoms with Gasteiger partial charge in [0.05, 0.1) is 0 Å². The van der Waals surface area contributed by atoms with Gasteiger partial charge >= 0.3 is 23.1 Å². The average molecular weight is 177 g/mol. The molecule has 0 spiro atoms. The number of unbranched alkanes of at least 4 members (excludes halogenated alkanes) is 1. The Morgan fingerprint density at radius 3 is 2.14 bits per heavy atom. The Balaban J connectivity index is -0.0000000133. The van der Waals surface area contributed by atoms with Crippen LogP contribution in [0.2, 0.25) is 0 Å². The maximum Gasteiger partial charge on any atom is 2.00 e. The van der Waals surface area contributed by atoms with E-state index in [2.05, 4.69) is 13.5 Å². The molecule has 0 atom stereocenters. The van der Waals surface area contributed by atoms with Crippen molar-refractivity contribution in [2.24, 2.45) is 0 Å². The molecule has 0 bridgehead atoms. The van der Waals surface area contributed by atoms with Crippen LogP contribution in [0.15, 0.2) is 12.7 Å². The largest absolute Gasteiger partial charge is 2.00 e. The average Bonchev–Trinajstić information content (AvgIpc) is 1.41. The molecular formula is C5H13BrMg. The van der Waals surface area contributed by atoms with Crippen LogP contribution in [0.3, 0.4) is 0 Å². The van der Waals surface area contributed by atoms with Crippen molar-refractivity contribution < 1.29 is 2.85 Å². The van der Waals surface area contributed by atoms with E-state index >= 15 is 0 Å². The van der Waals surface area contributed by atoms with Gasteiger partial charge in [-0.2, -0.15) is 0 Å². The summed E-state index contributed by atoms with van der Waals surface area (Å²) in [5, 5.41) is 0. The van der Waals surface area contributed by atoms with E-state index in [0.717, 1.165) is 6.42 Å². The Labute approximate surface area is 75.3 Å². The van der Waals surface area contributed by atoms with Crippen LogP contribution in [0.5, 0.6) is 0 Å². The number of hydrogen-bond donors (Lipinski definition) is 0. The molecule has 42 valence electrons. The van der Waals surface area contributed by atoms with Crippen LogP contribution in [-0.2, 0) is 0 Å². The molecule has 7 heavy (non-hydrogen) atoms. The van der Waals surface area contributed by atoms with Gasteiger partial charge in [-0.05, 0) is 6.42 Å². The van der Waals surface area contributed by atoms with Crippen LogP contribution in [0.1, 0.15) is 22.6 Å². The SMILES string of the molecule is Br.C=CCCC.[H-].[H-].[Mg+2]. The van der Waals surface area contributed by atoms with Gasteiger partial charge in [0.25, 0.3) is 0 Å². The second-order valence-corrected chi connectivity index (χ2v) is 1.08. The fourth-order valence-electron chi connectivity index (χ4n) is 0.204. The molecule has 0 saturated carbocycles. The quantitative estimate of drug-likeness (QED) is 0.449. The Hall–Kier alpha value is 0.986. The molecular weight excluding hydrogens is 164 g/mol. The monoisotopic (exact) mass is 176 g/mol. The van der Waals surface area contributed by atoms with E-state index < -0.39 is 0 Å². The molecule has 0 aromatic heterocycles. The zero-order chi connectivity index (χ0) is 4.12. The fourth-order valence-corrected chi connectivity index (χ4v) is 0.204. The van der Waals surface area contributed by atoms with Crippen LogP contribution in [-0.4, -0.2) is 23.1 Å². The first kappa shape index (κ1) is 15.7. The Kier molecular flexibility index (Phi) is 35.3. The van der Waals surface area contributed by atoms with Gasteiger partial charge in [0.2, 0.25) is 0 Å². The Morgan fingerprint density at radius 2 is 2.14 bits per heavy atom. The van der Waals surface area contributed by atoms with Gasteiger partial charge < -0.3 is 2.85 Å². The zero-order valence-corrected chi connectivity index (χ0v) is 7.94. The van der Waals surface area contributed by atoms with Crippen LogP contribution in [0, 0.1) is 0 Å². The predicted molar refractivity (Wildman–Crippen MR) is 43.4 cm³/mol. The van der Waals surface area contributed by atoms with E-state index in [1.807, 2.05) is 6.08 Å². The molecule has 0 nitrogen and oxygen atoms in total. The maximum atomic E-state index is 3.55. The van der Waals surface area contributed by atoms with Gasteiger partial charge in [-0.3, -0.25) is 0 Å². The third-order valence-electron chi connectivity index (χ3n) is 0.493. The zero-order valence-electron chi connectivity index (χ0n) is 6.81. The summed E-state index contributed by atoms with van der Waals surface area (Å²) >= 11 is 0. The standard InChI is InChI=1S/C5H10.BrH.Mg.2H/c1-3-5-4-2;;;;/h3H,1,4-5H2,2H3;1H;;;/q;;+2;2*-1. The van der Waals surface area contributed by atoms with Gasteiger partial charge in [-0.25, -0.2) is 0 Å². The first-order valence-electron chi connectivity index (χ1n) is 2.02. The van der Waals surface area contributed by atoms with E-state index in [1.54, 1.807) is 0 Å². The van der Waals surface area contributed by atoms with E-state index in [1.165, 1.54) is 6.42 Å². The molecule has 0 fully saturated rings. The molecule has 0 aromatic rings. The minimum Gasteiger partial charge on any atom is -1.00 e. The maximum absolute atomic E-state index is 3.55. The van der Waals surface area contributed by atoms with Crippen molar-refractivity contribution in [1.29, 1.82) is 0 Å². The fraction of sp³-hybridized carbons (Fsp3) is 0.600. The summed E-state index contributed by atoms with van der Waals surface area (Å²) in [5.74, 6) is 0. The van der Waals surface area contributed by atoms with E-state index in [4.69, 9.17) is 0 Å². The first-order valence-corrected chi connectivity index (χ1v) is 2.02. The second-order valence-electron chi connectivity index (χ2n) is 1.08. The van der Waals surface area contributed by atoms with Crippen LogP contribution >= 0.6 is 17.0 Å². The predicted octanol–water partition coefficient (Wildman–Crippen LogP) is 2.39. The molecule has 0 heterocycles.